The minimum atomic E-state index is 0.0428. The molecule has 0 fully saturated rings. The van der Waals surface area contributed by atoms with Gasteiger partial charge in [-0.05, 0) is 37.5 Å². The lowest BCUT2D eigenvalue weighted by atomic mass is 10.2. The molecule has 1 atom stereocenters. The molecule has 2 aromatic rings. The number of nitrogens with two attached hydrogens (primary N) is 1. The Kier molecular flexibility index (Phi) is 5.76. The van der Waals surface area contributed by atoms with E-state index in [9.17, 15) is 0 Å². The van der Waals surface area contributed by atoms with Crippen LogP contribution in [-0.2, 0) is 19.4 Å². The van der Waals surface area contributed by atoms with Crippen molar-refractivity contribution in [1.29, 1.82) is 0 Å². The summed E-state index contributed by atoms with van der Waals surface area (Å²) in [7, 11) is 0. The van der Waals surface area contributed by atoms with Crippen molar-refractivity contribution in [1.82, 2.24) is 4.98 Å². The van der Waals surface area contributed by atoms with E-state index in [0.29, 0.717) is 6.61 Å². The highest BCUT2D eigenvalue weighted by Gasteiger charge is 2.14. The standard InChI is InChI=1S/C17H24N2OS/c1-4-7-15-17(12(3)18)21-16(19-15)11-20-14-9-6-8-13(5-2)10-14/h6,8-10,12H,4-5,7,11,18H2,1-3H3. The van der Waals surface area contributed by atoms with Crippen LogP contribution in [-0.4, -0.2) is 4.98 Å². The van der Waals surface area contributed by atoms with Crippen molar-refractivity contribution in [3.05, 3.63) is 45.4 Å². The Morgan fingerprint density at radius 3 is 2.81 bits per heavy atom. The van der Waals surface area contributed by atoms with Gasteiger partial charge in [-0.1, -0.05) is 32.4 Å². The molecule has 2 rings (SSSR count). The van der Waals surface area contributed by atoms with Crippen LogP contribution in [0.15, 0.2) is 24.3 Å². The molecule has 1 heterocycles. The van der Waals surface area contributed by atoms with Gasteiger partial charge in [0.2, 0.25) is 0 Å². The smallest absolute Gasteiger partial charge is 0.140 e. The SMILES string of the molecule is CCCc1nc(COc2cccc(CC)c2)sc1C(C)N. The fourth-order valence-corrected chi connectivity index (χ4v) is 3.23. The third-order valence-electron chi connectivity index (χ3n) is 3.34. The molecule has 0 saturated heterocycles. The highest BCUT2D eigenvalue weighted by molar-refractivity contribution is 7.11. The van der Waals surface area contributed by atoms with Crippen LogP contribution in [0.4, 0.5) is 0 Å². The number of thiazole rings is 1. The third kappa shape index (κ3) is 4.29. The molecule has 0 saturated carbocycles. The number of hydrogen-bond acceptors (Lipinski definition) is 4. The van der Waals surface area contributed by atoms with Gasteiger partial charge in [0.1, 0.15) is 17.4 Å². The minimum absolute atomic E-state index is 0.0428. The van der Waals surface area contributed by atoms with Crippen molar-refractivity contribution in [2.75, 3.05) is 0 Å². The summed E-state index contributed by atoms with van der Waals surface area (Å²) in [5.74, 6) is 0.906. The second-order valence-electron chi connectivity index (χ2n) is 5.25. The van der Waals surface area contributed by atoms with Crippen LogP contribution < -0.4 is 10.5 Å². The molecule has 0 aliphatic heterocycles. The zero-order valence-corrected chi connectivity index (χ0v) is 13.9. The molecule has 1 aromatic heterocycles. The summed E-state index contributed by atoms with van der Waals surface area (Å²) in [5.41, 5.74) is 8.46. The Bertz CT molecular complexity index is 578. The monoisotopic (exact) mass is 304 g/mol. The summed E-state index contributed by atoms with van der Waals surface area (Å²) < 4.78 is 5.87. The second-order valence-corrected chi connectivity index (χ2v) is 6.36. The van der Waals surface area contributed by atoms with Gasteiger partial charge in [-0.25, -0.2) is 4.98 Å². The molecule has 0 spiro atoms. The van der Waals surface area contributed by atoms with Crippen LogP contribution in [0, 0.1) is 0 Å². The molecular weight excluding hydrogens is 280 g/mol. The van der Waals surface area contributed by atoms with Gasteiger partial charge in [0, 0.05) is 10.9 Å². The van der Waals surface area contributed by atoms with Crippen LogP contribution in [0.25, 0.3) is 0 Å². The maximum atomic E-state index is 6.03. The first-order valence-corrected chi connectivity index (χ1v) is 8.41. The largest absolute Gasteiger partial charge is 0.486 e. The van der Waals surface area contributed by atoms with E-state index in [1.165, 1.54) is 10.4 Å². The lowest BCUT2D eigenvalue weighted by molar-refractivity contribution is 0.305. The van der Waals surface area contributed by atoms with Crippen molar-refractivity contribution in [3.63, 3.8) is 0 Å². The predicted molar refractivity (Wildman–Crippen MR) is 88.9 cm³/mol. The average molecular weight is 304 g/mol. The first-order valence-electron chi connectivity index (χ1n) is 7.59. The zero-order valence-electron chi connectivity index (χ0n) is 13.1. The van der Waals surface area contributed by atoms with Crippen molar-refractivity contribution in [2.24, 2.45) is 5.73 Å². The summed E-state index contributed by atoms with van der Waals surface area (Å²) in [6.45, 7) is 6.84. The molecule has 3 nitrogen and oxygen atoms in total. The molecule has 2 N–H and O–H groups in total. The predicted octanol–water partition coefficient (Wildman–Crippen LogP) is 4.26. The van der Waals surface area contributed by atoms with Crippen LogP contribution in [0.1, 0.15) is 54.4 Å². The fourth-order valence-electron chi connectivity index (χ4n) is 2.25. The molecule has 21 heavy (non-hydrogen) atoms. The summed E-state index contributed by atoms with van der Waals surface area (Å²) in [6.07, 6.45) is 3.09. The van der Waals surface area contributed by atoms with E-state index < -0.39 is 0 Å². The van der Waals surface area contributed by atoms with E-state index in [1.807, 2.05) is 19.1 Å². The van der Waals surface area contributed by atoms with Crippen LogP contribution in [0.2, 0.25) is 0 Å². The third-order valence-corrected chi connectivity index (χ3v) is 4.61. The maximum absolute atomic E-state index is 6.03. The number of aryl methyl sites for hydroxylation is 2. The van der Waals surface area contributed by atoms with E-state index in [-0.39, 0.29) is 6.04 Å². The average Bonchev–Trinajstić information content (AvgIpc) is 2.89. The Balaban J connectivity index is 2.07. The molecule has 0 aliphatic rings. The van der Waals surface area contributed by atoms with E-state index >= 15 is 0 Å². The number of hydrogen-bond donors (Lipinski definition) is 1. The Morgan fingerprint density at radius 2 is 2.14 bits per heavy atom. The topological polar surface area (TPSA) is 48.1 Å². The van der Waals surface area contributed by atoms with Gasteiger partial charge in [0.15, 0.2) is 0 Å². The Morgan fingerprint density at radius 1 is 1.33 bits per heavy atom. The number of benzene rings is 1. The molecule has 1 aromatic carbocycles. The number of aromatic nitrogens is 1. The van der Waals surface area contributed by atoms with E-state index in [2.05, 4.69) is 26.0 Å². The molecule has 0 amide bonds. The van der Waals surface area contributed by atoms with Crippen LogP contribution >= 0.6 is 11.3 Å². The normalized spacial score (nSPS) is 12.4. The van der Waals surface area contributed by atoms with E-state index in [4.69, 9.17) is 15.5 Å². The minimum Gasteiger partial charge on any atom is -0.486 e. The van der Waals surface area contributed by atoms with Crippen molar-refractivity contribution in [2.45, 2.75) is 52.7 Å². The van der Waals surface area contributed by atoms with Crippen molar-refractivity contribution in [3.8, 4) is 5.75 Å². The molecular formula is C17H24N2OS. The van der Waals surface area contributed by atoms with Gasteiger partial charge in [-0.3, -0.25) is 0 Å². The highest BCUT2D eigenvalue weighted by atomic mass is 32.1. The maximum Gasteiger partial charge on any atom is 0.140 e. The van der Waals surface area contributed by atoms with Crippen molar-refractivity contribution >= 4 is 11.3 Å². The highest BCUT2D eigenvalue weighted by Crippen LogP contribution is 2.26. The number of rotatable bonds is 7. The van der Waals surface area contributed by atoms with E-state index in [0.717, 1.165) is 35.7 Å². The summed E-state index contributed by atoms with van der Waals surface area (Å²) >= 11 is 1.68. The van der Waals surface area contributed by atoms with Crippen molar-refractivity contribution < 1.29 is 4.74 Å². The molecule has 0 aliphatic carbocycles. The van der Waals surface area contributed by atoms with Gasteiger partial charge in [0.05, 0.1) is 5.69 Å². The molecule has 4 heteroatoms. The molecule has 0 bridgehead atoms. The second kappa shape index (κ2) is 7.57. The van der Waals surface area contributed by atoms with Gasteiger partial charge in [-0.2, -0.15) is 0 Å². The van der Waals surface area contributed by atoms with E-state index in [1.54, 1.807) is 11.3 Å². The van der Waals surface area contributed by atoms with Crippen LogP contribution in [0.5, 0.6) is 5.75 Å². The number of nitrogens with zero attached hydrogens (tertiary/aromatic N) is 1. The quantitative estimate of drug-likeness (QED) is 0.831. The zero-order chi connectivity index (χ0) is 15.2. The first kappa shape index (κ1) is 16.0. The summed E-state index contributed by atoms with van der Waals surface area (Å²) in [6, 6.07) is 8.27. The summed E-state index contributed by atoms with van der Waals surface area (Å²) in [5, 5.41) is 1.01. The Hall–Kier alpha value is -1.39. The molecule has 0 radical (unpaired) electrons. The Labute approximate surface area is 131 Å². The first-order chi connectivity index (χ1) is 10.1. The van der Waals surface area contributed by atoms with Gasteiger partial charge in [0.25, 0.3) is 0 Å². The lowest BCUT2D eigenvalue weighted by Gasteiger charge is -2.05. The van der Waals surface area contributed by atoms with Gasteiger partial charge >= 0.3 is 0 Å². The lowest BCUT2D eigenvalue weighted by Crippen LogP contribution is -2.05. The summed E-state index contributed by atoms with van der Waals surface area (Å²) in [4.78, 5) is 5.88. The van der Waals surface area contributed by atoms with Gasteiger partial charge < -0.3 is 10.5 Å². The molecule has 114 valence electrons. The number of ether oxygens (including phenoxy) is 1. The molecule has 1 unspecified atom stereocenters. The van der Waals surface area contributed by atoms with Gasteiger partial charge in [-0.15, -0.1) is 11.3 Å². The fraction of sp³-hybridized carbons (Fsp3) is 0.471. The van der Waals surface area contributed by atoms with Crippen LogP contribution in [0.3, 0.4) is 0 Å².